The summed E-state index contributed by atoms with van der Waals surface area (Å²) in [5.74, 6) is -1.96. The molecule has 0 bridgehead atoms. The Bertz CT molecular complexity index is 1710. The Morgan fingerprint density at radius 3 is 1.67 bits per heavy atom. The molecule has 4 aliphatic rings. The van der Waals surface area contributed by atoms with E-state index in [-0.39, 0.29) is 78.4 Å². The van der Waals surface area contributed by atoms with Crippen LogP contribution in [0.2, 0.25) is 0 Å². The standard InChI is InChI=1S/C41H47N5O6/c1-3-42-41(51)45-35-22-46(23-36(35)52-2)40(50)27-16-14-26(15-17-27)37(47)28-18-31(38(48)43-33-20-29(33)24-10-6-4-7-11-24)32(19-28)39(49)44-34-21-30(34)25-12-8-5-9-13-25/h4-17,28-36H,3,18-23H2,1-2H3,(H,43,48)(H,44,49)(H2,42,45,51)/t29-,30-,31-,32-,33+,34+,35+,36+/m1/s1. The lowest BCUT2D eigenvalue weighted by Crippen LogP contribution is -2.48. The molecule has 3 saturated carbocycles. The van der Waals surface area contributed by atoms with Gasteiger partial charge in [0, 0.05) is 67.7 Å². The summed E-state index contributed by atoms with van der Waals surface area (Å²) >= 11 is 0. The van der Waals surface area contributed by atoms with Crippen LogP contribution in [-0.2, 0) is 14.3 Å². The number of urea groups is 1. The Kier molecular flexibility index (Phi) is 10.4. The Morgan fingerprint density at radius 2 is 1.17 bits per heavy atom. The van der Waals surface area contributed by atoms with Crippen LogP contribution in [0.1, 0.15) is 76.3 Å². The van der Waals surface area contributed by atoms with E-state index in [4.69, 9.17) is 4.74 Å². The molecule has 3 aromatic carbocycles. The molecule has 8 atom stereocenters. The maximum atomic E-state index is 13.9. The summed E-state index contributed by atoms with van der Waals surface area (Å²) in [5.41, 5.74) is 3.22. The highest BCUT2D eigenvalue weighted by molar-refractivity contribution is 6.01. The van der Waals surface area contributed by atoms with Crippen molar-refractivity contribution in [1.29, 1.82) is 0 Å². The first-order valence-corrected chi connectivity index (χ1v) is 18.4. The number of likely N-dealkylation sites (tertiary alicyclic amines) is 1. The number of carbonyl (C=O) groups is 5. The fraction of sp³-hybridized carbons (Fsp3) is 0.439. The molecule has 0 aromatic heterocycles. The number of hydrogen-bond acceptors (Lipinski definition) is 6. The number of ketones is 1. The highest BCUT2D eigenvalue weighted by Gasteiger charge is 2.49. The SMILES string of the molecule is CCNC(=O)N[C@H]1CN(C(=O)c2ccc(C(=O)C3C[C@@H](C(=O)N[C@H]4C[C@@H]4c4ccccc4)[C@H](C(=O)N[C@H]4C[C@@H]4c4ccccc4)C3)cc2)C[C@@H]1OC. The van der Waals surface area contributed by atoms with Crippen molar-refractivity contribution in [2.45, 2.75) is 68.7 Å². The Morgan fingerprint density at radius 1 is 0.654 bits per heavy atom. The average molecular weight is 706 g/mol. The summed E-state index contributed by atoms with van der Waals surface area (Å²) in [6.45, 7) is 2.93. The van der Waals surface area contributed by atoms with E-state index in [1.165, 1.54) is 11.1 Å². The quantitative estimate of drug-likeness (QED) is 0.210. The van der Waals surface area contributed by atoms with E-state index in [1.807, 2.05) is 43.3 Å². The number of benzene rings is 3. The average Bonchev–Trinajstić information content (AvgIpc) is 4.02. The van der Waals surface area contributed by atoms with Gasteiger partial charge in [-0.3, -0.25) is 19.2 Å². The second-order valence-electron chi connectivity index (χ2n) is 14.7. The molecular formula is C41H47N5O6. The number of ether oxygens (including phenoxy) is 1. The van der Waals surface area contributed by atoms with Crippen molar-refractivity contribution >= 4 is 29.5 Å². The van der Waals surface area contributed by atoms with Crippen molar-refractivity contribution in [3.8, 4) is 0 Å². The van der Waals surface area contributed by atoms with Crippen LogP contribution in [0.5, 0.6) is 0 Å². The first-order valence-electron chi connectivity index (χ1n) is 18.4. The van der Waals surface area contributed by atoms with E-state index in [1.54, 1.807) is 36.3 Å². The van der Waals surface area contributed by atoms with E-state index in [9.17, 15) is 24.0 Å². The number of rotatable bonds is 12. The molecule has 0 unspecified atom stereocenters. The minimum atomic E-state index is -0.620. The summed E-state index contributed by atoms with van der Waals surface area (Å²) in [6, 6.07) is 26.1. The van der Waals surface area contributed by atoms with E-state index in [0.717, 1.165) is 12.8 Å². The van der Waals surface area contributed by atoms with Crippen LogP contribution < -0.4 is 21.3 Å². The van der Waals surface area contributed by atoms with Crippen LogP contribution in [0.4, 0.5) is 4.79 Å². The molecule has 4 fully saturated rings. The monoisotopic (exact) mass is 705 g/mol. The second-order valence-corrected chi connectivity index (χ2v) is 14.7. The van der Waals surface area contributed by atoms with Gasteiger partial charge in [-0.25, -0.2) is 4.79 Å². The van der Waals surface area contributed by atoms with Crippen LogP contribution in [0.25, 0.3) is 0 Å². The van der Waals surface area contributed by atoms with Crippen molar-refractivity contribution in [3.05, 3.63) is 107 Å². The molecule has 0 spiro atoms. The summed E-state index contributed by atoms with van der Waals surface area (Å²) in [5, 5.41) is 12.0. The lowest BCUT2D eigenvalue weighted by atomic mass is 9.94. The number of hydrogen-bond donors (Lipinski definition) is 4. The summed E-state index contributed by atoms with van der Waals surface area (Å²) in [7, 11) is 1.55. The van der Waals surface area contributed by atoms with Gasteiger partial charge < -0.3 is 30.9 Å². The number of carbonyl (C=O) groups excluding carboxylic acids is 5. The number of methoxy groups -OCH3 is 1. The topological polar surface area (TPSA) is 146 Å². The maximum Gasteiger partial charge on any atom is 0.315 e. The molecule has 7 rings (SSSR count). The minimum absolute atomic E-state index is 0.0127. The van der Waals surface area contributed by atoms with Gasteiger partial charge in [-0.15, -0.1) is 0 Å². The maximum absolute atomic E-state index is 13.9. The van der Waals surface area contributed by atoms with Crippen LogP contribution in [0, 0.1) is 17.8 Å². The van der Waals surface area contributed by atoms with Gasteiger partial charge in [0.2, 0.25) is 11.8 Å². The third kappa shape index (κ3) is 7.74. The van der Waals surface area contributed by atoms with Crippen molar-refractivity contribution in [3.63, 3.8) is 0 Å². The Hall–Kier alpha value is -5.03. The van der Waals surface area contributed by atoms with Gasteiger partial charge in [0.05, 0.1) is 24.0 Å². The fourth-order valence-corrected chi connectivity index (χ4v) is 8.15. The van der Waals surface area contributed by atoms with Gasteiger partial charge in [0.1, 0.15) is 0 Å². The first kappa shape index (κ1) is 35.4. The van der Waals surface area contributed by atoms with Crippen molar-refractivity contribution in [1.82, 2.24) is 26.2 Å². The zero-order chi connectivity index (χ0) is 36.4. The zero-order valence-corrected chi connectivity index (χ0v) is 29.6. The zero-order valence-electron chi connectivity index (χ0n) is 29.6. The van der Waals surface area contributed by atoms with Gasteiger partial charge in [-0.05, 0) is 55.9 Å². The van der Waals surface area contributed by atoms with Crippen LogP contribution >= 0.6 is 0 Å². The molecule has 0 radical (unpaired) electrons. The third-order valence-electron chi connectivity index (χ3n) is 11.2. The lowest BCUT2D eigenvalue weighted by molar-refractivity contribution is -0.133. The van der Waals surface area contributed by atoms with Crippen molar-refractivity contribution < 1.29 is 28.7 Å². The molecular weight excluding hydrogens is 658 g/mol. The summed E-state index contributed by atoms with van der Waals surface area (Å²) in [4.78, 5) is 68.7. The molecule has 1 heterocycles. The van der Waals surface area contributed by atoms with Gasteiger partial charge in [-0.2, -0.15) is 0 Å². The predicted molar refractivity (Wildman–Crippen MR) is 195 cm³/mol. The lowest BCUT2D eigenvalue weighted by Gasteiger charge is -2.19. The number of nitrogens with one attached hydrogen (secondary N) is 4. The fourth-order valence-electron chi connectivity index (χ4n) is 8.15. The number of nitrogens with zero attached hydrogens (tertiary/aromatic N) is 1. The minimum Gasteiger partial charge on any atom is -0.377 e. The normalized spacial score (nSPS) is 27.8. The summed E-state index contributed by atoms with van der Waals surface area (Å²) < 4.78 is 5.54. The van der Waals surface area contributed by atoms with Gasteiger partial charge in [0.15, 0.2) is 5.78 Å². The molecule has 11 nitrogen and oxygen atoms in total. The van der Waals surface area contributed by atoms with Gasteiger partial charge >= 0.3 is 6.03 Å². The molecule has 11 heteroatoms. The third-order valence-corrected chi connectivity index (χ3v) is 11.2. The second kappa shape index (κ2) is 15.3. The Balaban J connectivity index is 1.01. The molecule has 3 aliphatic carbocycles. The van der Waals surface area contributed by atoms with Crippen molar-refractivity contribution in [2.24, 2.45) is 17.8 Å². The van der Waals surface area contributed by atoms with Crippen molar-refractivity contribution in [2.75, 3.05) is 26.7 Å². The molecule has 272 valence electrons. The van der Waals surface area contributed by atoms with E-state index in [2.05, 4.69) is 45.5 Å². The van der Waals surface area contributed by atoms with E-state index < -0.39 is 17.8 Å². The summed E-state index contributed by atoms with van der Waals surface area (Å²) in [6.07, 6.45) is 1.92. The number of Topliss-reactive ketones (excluding diaryl/α,β-unsaturated/α-hetero) is 1. The van der Waals surface area contributed by atoms with E-state index in [0.29, 0.717) is 30.8 Å². The molecule has 3 aromatic rings. The van der Waals surface area contributed by atoms with Crippen LogP contribution in [0.15, 0.2) is 84.9 Å². The molecule has 52 heavy (non-hydrogen) atoms. The molecule has 4 N–H and O–H groups in total. The largest absolute Gasteiger partial charge is 0.377 e. The van der Waals surface area contributed by atoms with Crippen LogP contribution in [0.3, 0.4) is 0 Å². The molecule has 1 aliphatic heterocycles. The molecule has 5 amide bonds. The predicted octanol–water partition coefficient (Wildman–Crippen LogP) is 4.01. The molecule has 1 saturated heterocycles. The number of amides is 5. The first-order chi connectivity index (χ1) is 25.2. The smallest absolute Gasteiger partial charge is 0.315 e. The van der Waals surface area contributed by atoms with E-state index >= 15 is 0 Å². The highest BCUT2D eigenvalue weighted by Crippen LogP contribution is 2.45. The van der Waals surface area contributed by atoms with Crippen LogP contribution in [-0.4, -0.2) is 85.4 Å². The van der Waals surface area contributed by atoms with Gasteiger partial charge in [0.25, 0.3) is 5.91 Å². The Labute approximate surface area is 304 Å². The highest BCUT2D eigenvalue weighted by atomic mass is 16.5. The van der Waals surface area contributed by atoms with Gasteiger partial charge in [-0.1, -0.05) is 72.8 Å².